The number of rotatable bonds is 3. The zero-order valence-electron chi connectivity index (χ0n) is 13.0. The number of nitrogens with zero attached hydrogens (tertiary/aromatic N) is 2. The minimum absolute atomic E-state index is 0.0531. The largest absolute Gasteiger partial charge is 0.327 e. The Kier molecular flexibility index (Phi) is 4.39. The van der Waals surface area contributed by atoms with Crippen LogP contribution in [0.2, 0.25) is 5.02 Å². The topological polar surface area (TPSA) is 57.7 Å². The van der Waals surface area contributed by atoms with Crippen molar-refractivity contribution in [3.63, 3.8) is 0 Å². The van der Waals surface area contributed by atoms with E-state index in [9.17, 15) is 14.4 Å². The highest BCUT2D eigenvalue weighted by Crippen LogP contribution is 2.31. The summed E-state index contributed by atoms with van der Waals surface area (Å²) in [5.74, 6) is -0.730. The summed E-state index contributed by atoms with van der Waals surface area (Å²) < 4.78 is 0. The van der Waals surface area contributed by atoms with Gasteiger partial charge in [-0.2, -0.15) is 0 Å². The molecule has 0 spiro atoms. The van der Waals surface area contributed by atoms with E-state index in [-0.39, 0.29) is 30.2 Å². The van der Waals surface area contributed by atoms with Crippen LogP contribution < -0.4 is 4.90 Å². The van der Waals surface area contributed by atoms with Crippen LogP contribution in [0.4, 0.5) is 5.69 Å². The smallest absolute Gasteiger partial charge is 0.257 e. The van der Waals surface area contributed by atoms with Gasteiger partial charge in [0.25, 0.3) is 5.91 Å². The first-order valence-corrected chi connectivity index (χ1v) is 8.28. The van der Waals surface area contributed by atoms with Crippen LogP contribution in [0.25, 0.3) is 0 Å². The SMILES string of the molecule is CC(=O)N(C1CCCC1)[C@@H]1CC(=O)N(c2ccc(Cl)cc2)C1=O. The second kappa shape index (κ2) is 6.32. The molecular formula is C17H19ClN2O3. The predicted molar refractivity (Wildman–Crippen MR) is 87.1 cm³/mol. The highest BCUT2D eigenvalue weighted by molar-refractivity contribution is 6.30. The van der Waals surface area contributed by atoms with Crippen LogP contribution in [-0.4, -0.2) is 34.7 Å². The van der Waals surface area contributed by atoms with E-state index in [1.54, 1.807) is 29.2 Å². The fraction of sp³-hybridized carbons (Fsp3) is 0.471. The molecule has 1 heterocycles. The zero-order chi connectivity index (χ0) is 16.6. The number of benzene rings is 1. The maximum atomic E-state index is 12.8. The van der Waals surface area contributed by atoms with Gasteiger partial charge >= 0.3 is 0 Å². The Morgan fingerprint density at radius 1 is 1.17 bits per heavy atom. The molecule has 5 nitrogen and oxygen atoms in total. The number of amides is 3. The van der Waals surface area contributed by atoms with Crippen molar-refractivity contribution in [2.45, 2.75) is 51.1 Å². The minimum atomic E-state index is -0.682. The van der Waals surface area contributed by atoms with Gasteiger partial charge in [-0.1, -0.05) is 24.4 Å². The third-order valence-corrected chi connectivity index (χ3v) is 4.88. The van der Waals surface area contributed by atoms with Crippen molar-refractivity contribution in [2.75, 3.05) is 4.90 Å². The van der Waals surface area contributed by atoms with Crippen LogP contribution in [-0.2, 0) is 14.4 Å². The quantitative estimate of drug-likeness (QED) is 0.799. The summed E-state index contributed by atoms with van der Waals surface area (Å²) in [6, 6.07) is 5.97. The van der Waals surface area contributed by atoms with E-state index in [4.69, 9.17) is 11.6 Å². The van der Waals surface area contributed by atoms with Gasteiger partial charge in [0.1, 0.15) is 6.04 Å². The summed E-state index contributed by atoms with van der Waals surface area (Å²) in [6.45, 7) is 1.47. The van der Waals surface area contributed by atoms with Crippen molar-refractivity contribution in [2.24, 2.45) is 0 Å². The van der Waals surface area contributed by atoms with Crippen LogP contribution in [0.5, 0.6) is 0 Å². The first kappa shape index (κ1) is 16.0. The zero-order valence-corrected chi connectivity index (χ0v) is 13.8. The van der Waals surface area contributed by atoms with Gasteiger partial charge in [0.2, 0.25) is 11.8 Å². The van der Waals surface area contributed by atoms with Crippen molar-refractivity contribution in [1.82, 2.24) is 4.90 Å². The standard InChI is InChI=1S/C17H19ClN2O3/c1-11(21)19(13-4-2-3-5-13)15-10-16(22)20(17(15)23)14-8-6-12(18)7-9-14/h6-9,13,15H,2-5,10H2,1H3/t15-/m1/s1. The van der Waals surface area contributed by atoms with Gasteiger partial charge in [0.15, 0.2) is 0 Å². The molecule has 3 rings (SSSR count). The van der Waals surface area contributed by atoms with Crippen molar-refractivity contribution < 1.29 is 14.4 Å². The van der Waals surface area contributed by atoms with Gasteiger partial charge in [0, 0.05) is 18.0 Å². The average molecular weight is 335 g/mol. The Labute approximate surface area is 140 Å². The molecule has 1 saturated heterocycles. The maximum Gasteiger partial charge on any atom is 0.257 e. The van der Waals surface area contributed by atoms with Gasteiger partial charge in [-0.15, -0.1) is 0 Å². The van der Waals surface area contributed by atoms with E-state index in [0.717, 1.165) is 25.7 Å². The normalized spacial score (nSPS) is 22.0. The molecule has 0 N–H and O–H groups in total. The Balaban J connectivity index is 1.87. The minimum Gasteiger partial charge on any atom is -0.327 e. The summed E-state index contributed by atoms with van der Waals surface area (Å²) in [5.41, 5.74) is 0.502. The third-order valence-electron chi connectivity index (χ3n) is 4.63. The first-order valence-electron chi connectivity index (χ1n) is 7.90. The molecule has 1 atom stereocenters. The highest BCUT2D eigenvalue weighted by atomic mass is 35.5. The van der Waals surface area contributed by atoms with Crippen LogP contribution in [0.3, 0.4) is 0 Å². The first-order chi connectivity index (χ1) is 11.0. The van der Waals surface area contributed by atoms with Crippen LogP contribution >= 0.6 is 11.6 Å². The van der Waals surface area contributed by atoms with Crippen molar-refractivity contribution in [3.05, 3.63) is 29.3 Å². The van der Waals surface area contributed by atoms with Crippen LogP contribution in [0, 0.1) is 0 Å². The number of imide groups is 1. The molecule has 0 bridgehead atoms. The van der Waals surface area contributed by atoms with E-state index in [1.807, 2.05) is 0 Å². The fourth-order valence-electron chi connectivity index (χ4n) is 3.61. The molecule has 3 amide bonds. The molecule has 1 aliphatic carbocycles. The van der Waals surface area contributed by atoms with Gasteiger partial charge in [-0.05, 0) is 37.1 Å². The number of hydrogen-bond acceptors (Lipinski definition) is 3. The number of anilines is 1. The predicted octanol–water partition coefficient (Wildman–Crippen LogP) is 2.76. The molecule has 122 valence electrons. The molecule has 0 unspecified atom stereocenters. The lowest BCUT2D eigenvalue weighted by molar-refractivity contribution is -0.139. The summed E-state index contributed by atoms with van der Waals surface area (Å²) >= 11 is 5.86. The fourth-order valence-corrected chi connectivity index (χ4v) is 3.73. The molecule has 0 aromatic heterocycles. The van der Waals surface area contributed by atoms with Gasteiger partial charge in [-0.3, -0.25) is 14.4 Å². The number of carbonyl (C=O) groups excluding carboxylic acids is 3. The van der Waals surface area contributed by atoms with E-state index < -0.39 is 6.04 Å². The number of halogens is 1. The number of hydrogen-bond donors (Lipinski definition) is 0. The molecule has 0 radical (unpaired) electrons. The van der Waals surface area contributed by atoms with Crippen molar-refractivity contribution in [3.8, 4) is 0 Å². The summed E-state index contributed by atoms with van der Waals surface area (Å²) in [7, 11) is 0. The monoisotopic (exact) mass is 334 g/mol. The summed E-state index contributed by atoms with van der Waals surface area (Å²) in [5, 5.41) is 0.542. The molecule has 2 fully saturated rings. The Bertz CT molecular complexity index is 638. The highest BCUT2D eigenvalue weighted by Gasteiger charge is 2.45. The number of carbonyl (C=O) groups is 3. The van der Waals surface area contributed by atoms with Crippen LogP contribution in [0.15, 0.2) is 24.3 Å². The molecule has 1 saturated carbocycles. The molecule has 23 heavy (non-hydrogen) atoms. The van der Waals surface area contributed by atoms with Crippen molar-refractivity contribution in [1.29, 1.82) is 0 Å². The van der Waals surface area contributed by atoms with E-state index in [0.29, 0.717) is 10.7 Å². The molecule has 6 heteroatoms. The van der Waals surface area contributed by atoms with Gasteiger partial charge in [0.05, 0.1) is 12.1 Å². The second-order valence-corrected chi connectivity index (χ2v) is 6.56. The summed E-state index contributed by atoms with van der Waals surface area (Å²) in [4.78, 5) is 40.0. The van der Waals surface area contributed by atoms with Gasteiger partial charge < -0.3 is 4.90 Å². The Morgan fingerprint density at radius 3 is 2.35 bits per heavy atom. The lowest BCUT2D eigenvalue weighted by atomic mass is 10.1. The Hall–Kier alpha value is -1.88. The van der Waals surface area contributed by atoms with Gasteiger partial charge in [-0.25, -0.2) is 4.90 Å². The lowest BCUT2D eigenvalue weighted by Crippen LogP contribution is -2.49. The molecule has 2 aliphatic rings. The Morgan fingerprint density at radius 2 is 1.78 bits per heavy atom. The summed E-state index contributed by atoms with van der Waals surface area (Å²) in [6.07, 6.45) is 3.98. The third kappa shape index (κ3) is 2.98. The van der Waals surface area contributed by atoms with Crippen LogP contribution in [0.1, 0.15) is 39.0 Å². The van der Waals surface area contributed by atoms with E-state index >= 15 is 0 Å². The van der Waals surface area contributed by atoms with Crippen molar-refractivity contribution >= 4 is 35.0 Å². The second-order valence-electron chi connectivity index (χ2n) is 6.13. The average Bonchev–Trinajstić information content (AvgIpc) is 3.11. The maximum absolute atomic E-state index is 12.8. The van der Waals surface area contributed by atoms with E-state index in [2.05, 4.69) is 0 Å². The molecular weight excluding hydrogens is 316 g/mol. The van der Waals surface area contributed by atoms with E-state index in [1.165, 1.54) is 11.8 Å². The lowest BCUT2D eigenvalue weighted by Gasteiger charge is -2.32. The molecule has 1 aromatic carbocycles. The molecule has 1 aromatic rings. The molecule has 1 aliphatic heterocycles.